The summed E-state index contributed by atoms with van der Waals surface area (Å²) in [4.78, 5) is -0.597. The van der Waals surface area contributed by atoms with Crippen molar-refractivity contribution in [2.24, 2.45) is 0 Å². The Bertz CT molecular complexity index is 640. The Kier molecular flexibility index (Phi) is 4.94. The number of halogens is 6. The first-order chi connectivity index (χ1) is 9.80. The zero-order chi connectivity index (χ0) is 15.6. The van der Waals surface area contributed by atoms with E-state index in [1.54, 1.807) is 24.3 Å². The van der Waals surface area contributed by atoms with Gasteiger partial charge in [0.1, 0.15) is 5.82 Å². The second-order valence-electron chi connectivity index (χ2n) is 4.47. The summed E-state index contributed by atoms with van der Waals surface area (Å²) >= 11 is 9.25. The van der Waals surface area contributed by atoms with E-state index in [1.165, 1.54) is 12.1 Å². The molecule has 0 heterocycles. The molecule has 0 saturated heterocycles. The minimum Gasteiger partial charge on any atom is -0.206 e. The molecule has 0 spiro atoms. The van der Waals surface area contributed by atoms with Gasteiger partial charge in [-0.1, -0.05) is 57.9 Å². The van der Waals surface area contributed by atoms with Gasteiger partial charge in [0, 0.05) is 15.4 Å². The quantitative estimate of drug-likeness (QED) is 0.440. The third-order valence-corrected chi connectivity index (χ3v) is 4.21. The highest BCUT2D eigenvalue weighted by atomic mass is 79.9. The second kappa shape index (κ2) is 6.36. The smallest absolute Gasteiger partial charge is 0.206 e. The van der Waals surface area contributed by atoms with E-state index in [0.29, 0.717) is 5.02 Å². The van der Waals surface area contributed by atoms with Gasteiger partial charge >= 0.3 is 6.18 Å². The summed E-state index contributed by atoms with van der Waals surface area (Å²) in [6.45, 7) is 0. The van der Waals surface area contributed by atoms with E-state index in [-0.39, 0.29) is 12.0 Å². The Morgan fingerprint density at radius 1 is 1.05 bits per heavy atom. The lowest BCUT2D eigenvalue weighted by Crippen LogP contribution is -2.11. The van der Waals surface area contributed by atoms with Crippen LogP contribution in [-0.4, -0.2) is 0 Å². The molecule has 0 aliphatic carbocycles. The molecule has 6 heteroatoms. The van der Waals surface area contributed by atoms with Crippen LogP contribution in [0.3, 0.4) is 0 Å². The number of rotatable bonds is 3. The maximum absolute atomic E-state index is 14.0. The van der Waals surface area contributed by atoms with Crippen molar-refractivity contribution in [1.82, 2.24) is 0 Å². The van der Waals surface area contributed by atoms with Crippen LogP contribution >= 0.6 is 27.5 Å². The molecule has 0 fully saturated rings. The average molecular weight is 382 g/mol. The zero-order valence-corrected chi connectivity index (χ0v) is 12.9. The summed E-state index contributed by atoms with van der Waals surface area (Å²) in [5.74, 6) is -1.25. The second-order valence-corrected chi connectivity index (χ2v) is 5.98. The largest absolute Gasteiger partial charge is 0.419 e. The van der Waals surface area contributed by atoms with Gasteiger partial charge in [0.05, 0.1) is 5.56 Å². The van der Waals surface area contributed by atoms with Crippen LogP contribution in [0.4, 0.5) is 17.6 Å². The van der Waals surface area contributed by atoms with Crippen LogP contribution in [0, 0.1) is 5.82 Å². The van der Waals surface area contributed by atoms with Gasteiger partial charge in [0.2, 0.25) is 0 Å². The fourth-order valence-corrected chi connectivity index (χ4v) is 2.89. The summed E-state index contributed by atoms with van der Waals surface area (Å²) in [7, 11) is 0. The third-order valence-electron chi connectivity index (χ3n) is 3.03. The summed E-state index contributed by atoms with van der Waals surface area (Å²) in [6, 6.07) is 10.2. The molecular weight excluding hydrogens is 372 g/mol. The zero-order valence-electron chi connectivity index (χ0n) is 10.6. The average Bonchev–Trinajstić information content (AvgIpc) is 2.40. The van der Waals surface area contributed by atoms with E-state index in [0.717, 1.165) is 11.6 Å². The molecule has 2 rings (SSSR count). The molecule has 0 aliphatic heterocycles. The summed E-state index contributed by atoms with van der Waals surface area (Å²) in [6.07, 6.45) is -4.42. The van der Waals surface area contributed by atoms with Gasteiger partial charge in [-0.25, -0.2) is 4.39 Å². The minimum absolute atomic E-state index is 0.0373. The monoisotopic (exact) mass is 380 g/mol. The molecule has 0 bridgehead atoms. The molecule has 0 aliphatic rings. The van der Waals surface area contributed by atoms with Crippen molar-refractivity contribution in [3.05, 3.63) is 70.0 Å². The van der Waals surface area contributed by atoms with Gasteiger partial charge in [0.25, 0.3) is 0 Å². The van der Waals surface area contributed by atoms with Gasteiger partial charge < -0.3 is 0 Å². The first kappa shape index (κ1) is 16.3. The molecule has 112 valence electrons. The van der Waals surface area contributed by atoms with Gasteiger partial charge in [-0.3, -0.25) is 0 Å². The minimum atomic E-state index is -4.71. The van der Waals surface area contributed by atoms with E-state index in [1.807, 2.05) is 0 Å². The molecule has 21 heavy (non-hydrogen) atoms. The van der Waals surface area contributed by atoms with Crippen molar-refractivity contribution in [2.45, 2.75) is 17.4 Å². The Hall–Kier alpha value is -1.07. The fraction of sp³-hybridized carbons (Fsp3) is 0.200. The molecule has 0 aromatic heterocycles. The predicted molar refractivity (Wildman–Crippen MR) is 78.2 cm³/mol. The van der Waals surface area contributed by atoms with Crippen LogP contribution in [0.15, 0.2) is 42.5 Å². The molecule has 0 nitrogen and oxygen atoms in total. The van der Waals surface area contributed by atoms with Gasteiger partial charge in [-0.15, -0.1) is 0 Å². The van der Waals surface area contributed by atoms with Gasteiger partial charge in [0.15, 0.2) is 0 Å². The number of hydrogen-bond donors (Lipinski definition) is 0. The molecule has 2 aromatic carbocycles. The number of alkyl halides is 4. The SMILES string of the molecule is Fc1c(C(Br)Cc2ccccc2Cl)cccc1C(F)(F)F. The third kappa shape index (κ3) is 3.77. The standard InChI is InChI=1S/C15H10BrClF4/c16-12(8-9-4-1-2-7-13(9)17)10-5-3-6-11(14(10)18)15(19,20)21/h1-7,12H,8H2. The van der Waals surface area contributed by atoms with E-state index in [9.17, 15) is 17.6 Å². The molecule has 2 aromatic rings. The molecule has 0 amide bonds. The van der Waals surface area contributed by atoms with Crippen molar-refractivity contribution >= 4 is 27.5 Å². The topological polar surface area (TPSA) is 0 Å². The molecular formula is C15H10BrClF4. The van der Waals surface area contributed by atoms with Crippen LogP contribution in [-0.2, 0) is 12.6 Å². The van der Waals surface area contributed by atoms with Gasteiger partial charge in [-0.05, 0) is 24.1 Å². The maximum Gasteiger partial charge on any atom is 0.419 e. The Morgan fingerprint density at radius 3 is 2.33 bits per heavy atom. The predicted octanol–water partition coefficient (Wildman–Crippen LogP) is 6.18. The first-order valence-electron chi connectivity index (χ1n) is 6.03. The highest BCUT2D eigenvalue weighted by Crippen LogP contribution is 2.37. The van der Waals surface area contributed by atoms with Gasteiger partial charge in [-0.2, -0.15) is 13.2 Å². The van der Waals surface area contributed by atoms with Crippen LogP contribution in [0.25, 0.3) is 0 Å². The lowest BCUT2D eigenvalue weighted by atomic mass is 10.0. The fourth-order valence-electron chi connectivity index (χ4n) is 1.98. The first-order valence-corrected chi connectivity index (χ1v) is 7.33. The van der Waals surface area contributed by atoms with E-state index in [4.69, 9.17) is 11.6 Å². The molecule has 1 unspecified atom stereocenters. The van der Waals surface area contributed by atoms with Crippen molar-refractivity contribution in [1.29, 1.82) is 0 Å². The van der Waals surface area contributed by atoms with E-state index < -0.39 is 22.4 Å². The summed E-state index contributed by atoms with van der Waals surface area (Å²) < 4.78 is 52.2. The van der Waals surface area contributed by atoms with Crippen LogP contribution in [0.1, 0.15) is 21.5 Å². The summed E-state index contributed by atoms with van der Waals surface area (Å²) in [5.41, 5.74) is -0.564. The Morgan fingerprint density at radius 2 is 1.71 bits per heavy atom. The van der Waals surface area contributed by atoms with Crippen LogP contribution < -0.4 is 0 Å². The molecule has 0 saturated carbocycles. The van der Waals surface area contributed by atoms with Crippen LogP contribution in [0.5, 0.6) is 0 Å². The normalized spacial score (nSPS) is 13.2. The number of benzene rings is 2. The van der Waals surface area contributed by atoms with Crippen molar-refractivity contribution in [3.8, 4) is 0 Å². The van der Waals surface area contributed by atoms with Crippen molar-refractivity contribution < 1.29 is 17.6 Å². The maximum atomic E-state index is 14.0. The Labute approximate surface area is 132 Å². The molecule has 1 atom stereocenters. The lowest BCUT2D eigenvalue weighted by Gasteiger charge is -2.15. The Balaban J connectivity index is 2.32. The number of hydrogen-bond acceptors (Lipinski definition) is 0. The van der Waals surface area contributed by atoms with E-state index >= 15 is 0 Å². The van der Waals surface area contributed by atoms with Crippen LogP contribution in [0.2, 0.25) is 5.02 Å². The summed E-state index contributed by atoms with van der Waals surface area (Å²) in [5, 5.41) is 0.495. The van der Waals surface area contributed by atoms with E-state index in [2.05, 4.69) is 15.9 Å². The van der Waals surface area contributed by atoms with Crippen molar-refractivity contribution in [2.75, 3.05) is 0 Å². The highest BCUT2D eigenvalue weighted by Gasteiger charge is 2.35. The molecule has 0 N–H and O–H groups in total. The molecule has 0 radical (unpaired) electrons. The van der Waals surface area contributed by atoms with Crippen molar-refractivity contribution in [3.63, 3.8) is 0 Å². The highest BCUT2D eigenvalue weighted by molar-refractivity contribution is 9.09. The lowest BCUT2D eigenvalue weighted by molar-refractivity contribution is -0.140.